The van der Waals surface area contributed by atoms with E-state index >= 15 is 0 Å². The predicted octanol–water partition coefficient (Wildman–Crippen LogP) is 5.29. The maximum Gasteiger partial charge on any atom is 0.154 e. The summed E-state index contributed by atoms with van der Waals surface area (Å²) in [5.41, 5.74) is 0. The number of rotatable bonds is 14. The average molecular weight is 323 g/mol. The highest BCUT2D eigenvalue weighted by molar-refractivity contribution is 9.09. The van der Waals surface area contributed by atoms with Crippen LogP contribution in [-0.2, 0) is 9.47 Å². The fourth-order valence-corrected chi connectivity index (χ4v) is 2.36. The van der Waals surface area contributed by atoms with Crippen molar-refractivity contribution in [2.45, 2.75) is 77.9 Å². The zero-order chi connectivity index (χ0) is 13.5. The highest BCUT2D eigenvalue weighted by Crippen LogP contribution is 2.10. The molecule has 0 N–H and O–H groups in total. The maximum atomic E-state index is 5.53. The smallest absolute Gasteiger partial charge is 0.154 e. The highest BCUT2D eigenvalue weighted by atomic mass is 79.9. The van der Waals surface area contributed by atoms with Crippen LogP contribution in [0.1, 0.15) is 71.6 Å². The molecule has 0 saturated carbocycles. The van der Waals surface area contributed by atoms with Crippen LogP contribution in [0.2, 0.25) is 0 Å². The van der Waals surface area contributed by atoms with Gasteiger partial charge in [0.1, 0.15) is 0 Å². The number of hydrogen-bond acceptors (Lipinski definition) is 2. The molecule has 0 amide bonds. The van der Waals surface area contributed by atoms with Crippen molar-refractivity contribution >= 4 is 15.9 Å². The van der Waals surface area contributed by atoms with Crippen molar-refractivity contribution < 1.29 is 9.47 Å². The third-order valence-corrected chi connectivity index (χ3v) is 3.59. The lowest BCUT2D eigenvalue weighted by molar-refractivity contribution is -0.127. The van der Waals surface area contributed by atoms with Crippen molar-refractivity contribution in [1.29, 1.82) is 0 Å². The molecule has 0 aliphatic heterocycles. The van der Waals surface area contributed by atoms with Gasteiger partial charge in [-0.25, -0.2) is 0 Å². The van der Waals surface area contributed by atoms with Crippen molar-refractivity contribution in [3.05, 3.63) is 0 Å². The summed E-state index contributed by atoms with van der Waals surface area (Å²) < 4.78 is 10.8. The predicted molar refractivity (Wildman–Crippen MR) is 82.4 cm³/mol. The van der Waals surface area contributed by atoms with Crippen molar-refractivity contribution in [2.24, 2.45) is 0 Å². The van der Waals surface area contributed by atoms with Crippen molar-refractivity contribution in [1.82, 2.24) is 0 Å². The van der Waals surface area contributed by atoms with Gasteiger partial charge in [-0.15, -0.1) is 0 Å². The molecule has 18 heavy (non-hydrogen) atoms. The second-order valence-electron chi connectivity index (χ2n) is 4.76. The summed E-state index contributed by atoms with van der Waals surface area (Å²) in [7, 11) is 0. The maximum absolute atomic E-state index is 5.53. The van der Waals surface area contributed by atoms with Crippen LogP contribution < -0.4 is 0 Å². The number of ether oxygens (including phenoxy) is 2. The van der Waals surface area contributed by atoms with Gasteiger partial charge in [0.05, 0.1) is 0 Å². The molecule has 110 valence electrons. The third-order valence-electron chi connectivity index (χ3n) is 3.03. The zero-order valence-corrected chi connectivity index (χ0v) is 13.8. The van der Waals surface area contributed by atoms with Gasteiger partial charge in [0.25, 0.3) is 0 Å². The van der Waals surface area contributed by atoms with Gasteiger partial charge in [-0.3, -0.25) is 0 Å². The summed E-state index contributed by atoms with van der Waals surface area (Å²) in [6.45, 7) is 5.54. The molecule has 0 rings (SSSR count). The summed E-state index contributed by atoms with van der Waals surface area (Å²) >= 11 is 3.47. The minimum atomic E-state index is -0.0376. The first-order chi connectivity index (χ1) is 8.81. The Morgan fingerprint density at radius 2 is 1.28 bits per heavy atom. The Morgan fingerprint density at radius 1 is 0.778 bits per heavy atom. The molecule has 0 unspecified atom stereocenters. The van der Waals surface area contributed by atoms with Gasteiger partial charge in [-0.2, -0.15) is 0 Å². The molecule has 0 aromatic rings. The average Bonchev–Trinajstić information content (AvgIpc) is 2.36. The molecular weight excluding hydrogens is 292 g/mol. The molecule has 0 aromatic carbocycles. The minimum Gasteiger partial charge on any atom is -0.353 e. The fourth-order valence-electron chi connectivity index (χ4n) is 1.97. The van der Waals surface area contributed by atoms with Gasteiger partial charge >= 0.3 is 0 Å². The van der Waals surface area contributed by atoms with Crippen molar-refractivity contribution in [3.8, 4) is 0 Å². The van der Waals surface area contributed by atoms with Crippen LogP contribution in [0.25, 0.3) is 0 Å². The molecule has 0 aliphatic carbocycles. The first kappa shape index (κ1) is 18.4. The van der Waals surface area contributed by atoms with E-state index in [1.54, 1.807) is 0 Å². The van der Waals surface area contributed by atoms with E-state index in [2.05, 4.69) is 15.9 Å². The van der Waals surface area contributed by atoms with E-state index in [1.807, 2.05) is 13.8 Å². The van der Waals surface area contributed by atoms with E-state index in [9.17, 15) is 0 Å². The zero-order valence-electron chi connectivity index (χ0n) is 12.3. The van der Waals surface area contributed by atoms with Gasteiger partial charge in [-0.05, 0) is 26.7 Å². The van der Waals surface area contributed by atoms with E-state index < -0.39 is 0 Å². The molecule has 0 fully saturated rings. The van der Waals surface area contributed by atoms with Crippen molar-refractivity contribution in [3.63, 3.8) is 0 Å². The largest absolute Gasteiger partial charge is 0.353 e. The van der Waals surface area contributed by atoms with Crippen LogP contribution in [0.15, 0.2) is 0 Å². The minimum absolute atomic E-state index is 0.0376. The fraction of sp³-hybridized carbons (Fsp3) is 1.00. The number of unbranched alkanes of at least 4 members (excludes halogenated alkanes) is 8. The molecule has 1 atom stereocenters. The number of alkyl halides is 1. The van der Waals surface area contributed by atoms with Crippen LogP contribution in [0.5, 0.6) is 0 Å². The molecular formula is C15H31BrO2. The second kappa shape index (κ2) is 15.5. The van der Waals surface area contributed by atoms with Crippen LogP contribution in [-0.4, -0.2) is 24.8 Å². The first-order valence-corrected chi connectivity index (χ1v) is 8.72. The van der Waals surface area contributed by atoms with Gasteiger partial charge in [0.15, 0.2) is 6.29 Å². The van der Waals surface area contributed by atoms with Gasteiger partial charge in [0, 0.05) is 18.5 Å². The van der Waals surface area contributed by atoms with Crippen LogP contribution in [0.3, 0.4) is 0 Å². The van der Waals surface area contributed by atoms with E-state index in [0.29, 0.717) is 0 Å². The molecule has 0 radical (unpaired) electrons. The quantitative estimate of drug-likeness (QED) is 0.246. The Bertz CT molecular complexity index is 153. The lowest BCUT2D eigenvalue weighted by Gasteiger charge is -2.12. The summed E-state index contributed by atoms with van der Waals surface area (Å²) in [6.07, 6.45) is 12.1. The Hall–Kier alpha value is 0.400. The normalized spacial score (nSPS) is 12.8. The number of halogens is 1. The summed E-state index contributed by atoms with van der Waals surface area (Å²) in [5, 5.41) is 1.16. The van der Waals surface area contributed by atoms with Crippen LogP contribution >= 0.6 is 15.9 Å². The Balaban J connectivity index is 2.98. The summed E-state index contributed by atoms with van der Waals surface area (Å²) in [4.78, 5) is 0. The molecule has 3 heteroatoms. The van der Waals surface area contributed by atoms with Gasteiger partial charge < -0.3 is 9.47 Å². The van der Waals surface area contributed by atoms with Crippen LogP contribution in [0.4, 0.5) is 0 Å². The monoisotopic (exact) mass is 322 g/mol. The van der Waals surface area contributed by atoms with E-state index in [-0.39, 0.29) is 6.29 Å². The molecule has 0 spiro atoms. The Labute approximate surface area is 122 Å². The Morgan fingerprint density at radius 3 is 1.78 bits per heavy atom. The molecule has 0 saturated heterocycles. The topological polar surface area (TPSA) is 18.5 Å². The molecule has 0 aromatic heterocycles. The Kier molecular flexibility index (Phi) is 15.8. The molecule has 0 heterocycles. The number of hydrogen-bond donors (Lipinski definition) is 0. The SMILES string of the molecule is CCO[C@H](C)OCCCCCCCCCCCBr. The lowest BCUT2D eigenvalue weighted by Crippen LogP contribution is -2.13. The third kappa shape index (κ3) is 14.5. The molecule has 0 aliphatic rings. The summed E-state index contributed by atoms with van der Waals surface area (Å²) in [5.74, 6) is 0. The van der Waals surface area contributed by atoms with Crippen molar-refractivity contribution in [2.75, 3.05) is 18.5 Å². The van der Waals surface area contributed by atoms with E-state index in [4.69, 9.17) is 9.47 Å². The molecule has 0 bridgehead atoms. The summed E-state index contributed by atoms with van der Waals surface area (Å²) in [6, 6.07) is 0. The van der Waals surface area contributed by atoms with Gasteiger partial charge in [0.2, 0.25) is 0 Å². The van der Waals surface area contributed by atoms with Crippen LogP contribution in [0, 0.1) is 0 Å². The first-order valence-electron chi connectivity index (χ1n) is 7.60. The second-order valence-corrected chi connectivity index (χ2v) is 5.56. The standard InChI is InChI=1S/C15H31BrO2/c1-3-17-15(2)18-14-12-10-8-6-4-5-7-9-11-13-16/h15H,3-14H2,1-2H3/t15-/m0/s1. The van der Waals surface area contributed by atoms with Gasteiger partial charge in [-0.1, -0.05) is 60.9 Å². The lowest BCUT2D eigenvalue weighted by atomic mass is 10.1. The van der Waals surface area contributed by atoms with E-state index in [0.717, 1.165) is 18.5 Å². The molecule has 2 nitrogen and oxygen atoms in total. The highest BCUT2D eigenvalue weighted by Gasteiger charge is 1.99. The van der Waals surface area contributed by atoms with E-state index in [1.165, 1.54) is 57.8 Å².